The van der Waals surface area contributed by atoms with Crippen LogP contribution in [0, 0.1) is 19.8 Å². The maximum Gasteiger partial charge on any atom is 0.254 e. The smallest absolute Gasteiger partial charge is 0.254 e. The number of aryl methyl sites for hydroxylation is 2. The highest BCUT2D eigenvalue weighted by Gasteiger charge is 2.11. The van der Waals surface area contributed by atoms with E-state index in [9.17, 15) is 4.79 Å². The molecule has 0 spiro atoms. The quantitative estimate of drug-likeness (QED) is 0.777. The minimum absolute atomic E-state index is 0.0515. The maximum absolute atomic E-state index is 11.7. The summed E-state index contributed by atoms with van der Waals surface area (Å²) in [5.41, 5.74) is 1.15. The van der Waals surface area contributed by atoms with Gasteiger partial charge in [-0.3, -0.25) is 4.79 Å². The Morgan fingerprint density at radius 1 is 1.56 bits per heavy atom. The molecule has 1 heterocycles. The fourth-order valence-corrected chi connectivity index (χ4v) is 1.23. The lowest BCUT2D eigenvalue weighted by molar-refractivity contribution is 0.0941. The highest BCUT2D eigenvalue weighted by atomic mass is 16.3. The molecule has 0 radical (unpaired) electrons. The summed E-state index contributed by atoms with van der Waals surface area (Å²) < 4.78 is 0. The van der Waals surface area contributed by atoms with Crippen molar-refractivity contribution >= 4 is 5.91 Å². The first-order valence-corrected chi connectivity index (χ1v) is 5.24. The van der Waals surface area contributed by atoms with Crippen molar-refractivity contribution in [1.29, 1.82) is 0 Å². The van der Waals surface area contributed by atoms with Gasteiger partial charge in [0.05, 0.1) is 11.3 Å². The summed E-state index contributed by atoms with van der Waals surface area (Å²) in [4.78, 5) is 19.8. The van der Waals surface area contributed by atoms with Gasteiger partial charge in [0.2, 0.25) is 0 Å². The molecule has 88 valence electrons. The molecular formula is C11H17N3O2. The van der Waals surface area contributed by atoms with E-state index in [-0.39, 0.29) is 18.4 Å². The molecule has 5 nitrogen and oxygen atoms in total. The first-order chi connectivity index (χ1) is 7.54. The van der Waals surface area contributed by atoms with Crippen LogP contribution in [0.3, 0.4) is 0 Å². The highest BCUT2D eigenvalue weighted by Crippen LogP contribution is 2.03. The van der Waals surface area contributed by atoms with Gasteiger partial charge in [-0.1, -0.05) is 6.92 Å². The van der Waals surface area contributed by atoms with Crippen molar-refractivity contribution in [3.63, 3.8) is 0 Å². The predicted molar refractivity (Wildman–Crippen MR) is 60.1 cm³/mol. The zero-order chi connectivity index (χ0) is 12.1. The number of amides is 1. The van der Waals surface area contributed by atoms with E-state index in [1.54, 1.807) is 13.8 Å². The molecule has 0 aliphatic heterocycles. The summed E-state index contributed by atoms with van der Waals surface area (Å²) in [6, 6.07) is 0. The third-order valence-corrected chi connectivity index (χ3v) is 2.27. The van der Waals surface area contributed by atoms with Gasteiger partial charge in [0, 0.05) is 19.3 Å². The summed E-state index contributed by atoms with van der Waals surface area (Å²) in [5.74, 6) is 0.506. The Bertz CT molecular complexity index is 379. The van der Waals surface area contributed by atoms with Gasteiger partial charge in [0.15, 0.2) is 0 Å². The number of hydrogen-bond acceptors (Lipinski definition) is 4. The van der Waals surface area contributed by atoms with Crippen LogP contribution in [-0.2, 0) is 0 Å². The maximum atomic E-state index is 11.7. The third kappa shape index (κ3) is 3.27. The van der Waals surface area contributed by atoms with Gasteiger partial charge in [0.1, 0.15) is 5.82 Å². The molecule has 0 bridgehead atoms. The average molecular weight is 223 g/mol. The topological polar surface area (TPSA) is 75.1 Å². The largest absolute Gasteiger partial charge is 0.396 e. The zero-order valence-corrected chi connectivity index (χ0v) is 9.82. The molecule has 0 saturated carbocycles. The van der Waals surface area contributed by atoms with Gasteiger partial charge in [-0.25, -0.2) is 9.97 Å². The molecule has 1 aromatic heterocycles. The lowest BCUT2D eigenvalue weighted by Crippen LogP contribution is -2.30. The molecule has 1 unspecified atom stereocenters. The third-order valence-electron chi connectivity index (χ3n) is 2.27. The van der Waals surface area contributed by atoms with Crippen LogP contribution < -0.4 is 5.32 Å². The Morgan fingerprint density at radius 3 is 2.81 bits per heavy atom. The van der Waals surface area contributed by atoms with E-state index in [0.29, 0.717) is 23.6 Å². The van der Waals surface area contributed by atoms with E-state index >= 15 is 0 Å². The molecule has 0 aromatic carbocycles. The van der Waals surface area contributed by atoms with E-state index in [2.05, 4.69) is 15.3 Å². The van der Waals surface area contributed by atoms with Crippen molar-refractivity contribution in [1.82, 2.24) is 15.3 Å². The van der Waals surface area contributed by atoms with Crippen LogP contribution >= 0.6 is 0 Å². The summed E-state index contributed by atoms with van der Waals surface area (Å²) in [5, 5.41) is 11.6. The Hall–Kier alpha value is -1.49. The Balaban J connectivity index is 2.66. The van der Waals surface area contributed by atoms with Crippen molar-refractivity contribution in [2.24, 2.45) is 5.92 Å². The number of carbonyl (C=O) groups is 1. The normalized spacial score (nSPS) is 12.2. The molecule has 1 atom stereocenters. The molecule has 0 aliphatic carbocycles. The van der Waals surface area contributed by atoms with Gasteiger partial charge >= 0.3 is 0 Å². The predicted octanol–water partition coefficient (Wildman–Crippen LogP) is 0.452. The number of nitrogens with zero attached hydrogens (tertiary/aromatic N) is 2. The number of rotatable bonds is 4. The summed E-state index contributed by atoms with van der Waals surface area (Å²) in [7, 11) is 0. The minimum Gasteiger partial charge on any atom is -0.396 e. The van der Waals surface area contributed by atoms with Gasteiger partial charge in [-0.15, -0.1) is 0 Å². The summed E-state index contributed by atoms with van der Waals surface area (Å²) in [6.45, 7) is 5.92. The first kappa shape index (κ1) is 12.6. The van der Waals surface area contributed by atoms with Crippen LogP contribution in [0.15, 0.2) is 6.20 Å². The molecule has 0 aliphatic rings. The standard InChI is InChI=1S/C11H17N3O2/c1-7(6-15)4-13-11(16)10-5-12-9(3)14-8(10)2/h5,7,15H,4,6H2,1-3H3,(H,13,16). The van der Waals surface area contributed by atoms with Crippen molar-refractivity contribution in [3.05, 3.63) is 23.3 Å². The monoisotopic (exact) mass is 223 g/mol. The van der Waals surface area contributed by atoms with E-state index in [1.165, 1.54) is 6.20 Å². The van der Waals surface area contributed by atoms with Crippen LogP contribution in [0.25, 0.3) is 0 Å². The number of aromatic nitrogens is 2. The molecule has 1 amide bonds. The molecule has 16 heavy (non-hydrogen) atoms. The van der Waals surface area contributed by atoms with Crippen LogP contribution in [0.1, 0.15) is 28.8 Å². The van der Waals surface area contributed by atoms with Crippen molar-refractivity contribution < 1.29 is 9.90 Å². The molecular weight excluding hydrogens is 206 g/mol. The zero-order valence-electron chi connectivity index (χ0n) is 9.82. The second-order valence-electron chi connectivity index (χ2n) is 3.91. The fourth-order valence-electron chi connectivity index (χ4n) is 1.23. The van der Waals surface area contributed by atoms with Crippen molar-refractivity contribution in [2.75, 3.05) is 13.2 Å². The second-order valence-corrected chi connectivity index (χ2v) is 3.91. The Labute approximate surface area is 94.9 Å². The van der Waals surface area contributed by atoms with Gasteiger partial charge < -0.3 is 10.4 Å². The van der Waals surface area contributed by atoms with Gasteiger partial charge in [0.25, 0.3) is 5.91 Å². The lowest BCUT2D eigenvalue weighted by atomic mass is 10.2. The second kappa shape index (κ2) is 5.55. The van der Waals surface area contributed by atoms with Crippen LogP contribution in [0.4, 0.5) is 0 Å². The Morgan fingerprint density at radius 2 is 2.25 bits per heavy atom. The van der Waals surface area contributed by atoms with Gasteiger partial charge in [-0.05, 0) is 19.8 Å². The highest BCUT2D eigenvalue weighted by molar-refractivity contribution is 5.94. The van der Waals surface area contributed by atoms with Gasteiger partial charge in [-0.2, -0.15) is 0 Å². The molecule has 1 aromatic rings. The molecule has 0 saturated heterocycles. The van der Waals surface area contributed by atoms with E-state index < -0.39 is 0 Å². The lowest BCUT2D eigenvalue weighted by Gasteiger charge is -2.10. The van der Waals surface area contributed by atoms with E-state index in [0.717, 1.165) is 0 Å². The number of carbonyl (C=O) groups excluding carboxylic acids is 1. The summed E-state index contributed by atoms with van der Waals surface area (Å²) in [6.07, 6.45) is 1.52. The van der Waals surface area contributed by atoms with Crippen molar-refractivity contribution in [2.45, 2.75) is 20.8 Å². The fraction of sp³-hybridized carbons (Fsp3) is 0.545. The molecule has 0 fully saturated rings. The number of aliphatic hydroxyl groups excluding tert-OH is 1. The minimum atomic E-state index is -0.196. The molecule has 1 rings (SSSR count). The van der Waals surface area contributed by atoms with E-state index in [4.69, 9.17) is 5.11 Å². The molecule has 2 N–H and O–H groups in total. The number of hydrogen-bond donors (Lipinski definition) is 2. The average Bonchev–Trinajstić information content (AvgIpc) is 2.25. The number of nitrogens with one attached hydrogen (secondary N) is 1. The summed E-state index contributed by atoms with van der Waals surface area (Å²) >= 11 is 0. The Kier molecular flexibility index (Phi) is 4.37. The van der Waals surface area contributed by atoms with Crippen LogP contribution in [-0.4, -0.2) is 34.1 Å². The SMILES string of the molecule is Cc1ncc(C(=O)NCC(C)CO)c(C)n1. The van der Waals surface area contributed by atoms with E-state index in [1.807, 2.05) is 6.92 Å². The molecule has 5 heteroatoms. The first-order valence-electron chi connectivity index (χ1n) is 5.24. The van der Waals surface area contributed by atoms with Crippen LogP contribution in [0.2, 0.25) is 0 Å². The number of aliphatic hydroxyl groups is 1. The van der Waals surface area contributed by atoms with Crippen LogP contribution in [0.5, 0.6) is 0 Å². The van der Waals surface area contributed by atoms with Crippen molar-refractivity contribution in [3.8, 4) is 0 Å².